The number of aromatic nitrogens is 4. The summed E-state index contributed by atoms with van der Waals surface area (Å²) in [6.07, 6.45) is 7.52. The van der Waals surface area contributed by atoms with Crippen LogP contribution in [0.5, 0.6) is 0 Å². The van der Waals surface area contributed by atoms with Crippen molar-refractivity contribution < 1.29 is 21.1 Å². The topological polar surface area (TPSA) is 35.6 Å². The molecule has 0 aliphatic carbocycles. The van der Waals surface area contributed by atoms with Gasteiger partial charge >= 0.3 is 0 Å². The molecule has 0 amide bonds. The maximum atomic E-state index is 4.41. The van der Waals surface area contributed by atoms with Crippen molar-refractivity contribution in [1.82, 2.24) is 19.1 Å². The summed E-state index contributed by atoms with van der Waals surface area (Å²) in [5, 5.41) is 0. The summed E-state index contributed by atoms with van der Waals surface area (Å²) in [6.45, 7) is 0. The Kier molecular flexibility index (Phi) is 5.72. The van der Waals surface area contributed by atoms with E-state index in [2.05, 4.69) is 22.1 Å². The number of rotatable bonds is 2. The van der Waals surface area contributed by atoms with Crippen LogP contribution in [-0.2, 0) is 35.2 Å². The van der Waals surface area contributed by atoms with Gasteiger partial charge in [0.25, 0.3) is 0 Å². The summed E-state index contributed by atoms with van der Waals surface area (Å²) in [5.74, 6) is 1.90. The van der Waals surface area contributed by atoms with Gasteiger partial charge in [0.15, 0.2) is 0 Å². The molecule has 0 radical (unpaired) electrons. The van der Waals surface area contributed by atoms with E-state index in [4.69, 9.17) is 0 Å². The Morgan fingerprint density at radius 3 is 1.50 bits per heavy atom. The maximum absolute atomic E-state index is 4.41. The Bertz CT molecular complexity index is 631. The minimum Gasteiger partial charge on any atom is -0.334 e. The molecule has 0 saturated carbocycles. The standard InChI is InChI=1S/C14H14N4.ClH.Pt/c1-17-9-7-15-13(17)11-5-3-4-6-12(11)14-16-8-10-18(14)2;;/h3-10H,1-2H3;1H;. The van der Waals surface area contributed by atoms with Crippen LogP contribution in [0.1, 0.15) is 0 Å². The Hall–Kier alpha value is -1.38. The second-order valence-electron chi connectivity index (χ2n) is 4.27. The summed E-state index contributed by atoms with van der Waals surface area (Å²) in [4.78, 5) is 8.82. The molecule has 0 atom stereocenters. The molecule has 0 bridgehead atoms. The van der Waals surface area contributed by atoms with Crippen molar-refractivity contribution in [3.63, 3.8) is 0 Å². The molecule has 0 fully saturated rings. The zero-order valence-corrected chi connectivity index (χ0v) is 14.2. The monoisotopic (exact) mass is 469 g/mol. The smallest absolute Gasteiger partial charge is 0.140 e. The van der Waals surface area contributed by atoms with Gasteiger partial charge in [-0.1, -0.05) is 24.3 Å². The molecule has 2 heterocycles. The Morgan fingerprint density at radius 1 is 0.800 bits per heavy atom. The minimum absolute atomic E-state index is 0. The molecule has 6 heteroatoms. The van der Waals surface area contributed by atoms with Crippen LogP contribution in [0, 0.1) is 0 Å². The van der Waals surface area contributed by atoms with Crippen LogP contribution in [0.25, 0.3) is 22.8 Å². The van der Waals surface area contributed by atoms with E-state index in [-0.39, 0.29) is 33.5 Å². The number of imidazole rings is 2. The fourth-order valence-corrected chi connectivity index (χ4v) is 2.12. The average Bonchev–Trinajstić information content (AvgIpc) is 2.98. The van der Waals surface area contributed by atoms with E-state index in [9.17, 15) is 0 Å². The molecule has 1 aromatic carbocycles. The summed E-state index contributed by atoms with van der Waals surface area (Å²) < 4.78 is 4.03. The van der Waals surface area contributed by atoms with E-state index in [1.165, 1.54) is 0 Å². The molecule has 0 aliphatic rings. The predicted octanol–water partition coefficient (Wildman–Crippen LogP) is 2.91. The van der Waals surface area contributed by atoms with E-state index in [1.54, 1.807) is 0 Å². The van der Waals surface area contributed by atoms with Gasteiger partial charge in [-0.05, 0) is 0 Å². The molecule has 0 saturated heterocycles. The van der Waals surface area contributed by atoms with E-state index in [1.807, 2.05) is 60.1 Å². The zero-order chi connectivity index (χ0) is 12.5. The maximum Gasteiger partial charge on any atom is 0.140 e. The summed E-state index contributed by atoms with van der Waals surface area (Å²) in [6, 6.07) is 8.20. The molecule has 0 N–H and O–H groups in total. The second-order valence-corrected chi connectivity index (χ2v) is 4.27. The van der Waals surface area contributed by atoms with Crippen molar-refractivity contribution in [2.45, 2.75) is 0 Å². The molecule has 0 unspecified atom stereocenters. The van der Waals surface area contributed by atoms with Gasteiger partial charge in [-0.2, -0.15) is 0 Å². The van der Waals surface area contributed by atoms with Crippen molar-refractivity contribution in [1.29, 1.82) is 0 Å². The normalized spacial score (nSPS) is 9.70. The first kappa shape index (κ1) is 16.7. The zero-order valence-electron chi connectivity index (χ0n) is 11.1. The van der Waals surface area contributed by atoms with Crippen LogP contribution in [0.4, 0.5) is 0 Å². The third-order valence-corrected chi connectivity index (χ3v) is 3.05. The van der Waals surface area contributed by atoms with Gasteiger partial charge in [0.1, 0.15) is 11.6 Å². The van der Waals surface area contributed by atoms with Crippen LogP contribution in [-0.4, -0.2) is 19.1 Å². The van der Waals surface area contributed by atoms with Crippen molar-refractivity contribution in [2.24, 2.45) is 14.1 Å². The van der Waals surface area contributed by atoms with Gasteiger partial charge in [-0.25, -0.2) is 9.97 Å². The predicted molar refractivity (Wildman–Crippen MR) is 78.1 cm³/mol. The fraction of sp³-hybridized carbons (Fsp3) is 0.143. The van der Waals surface area contributed by atoms with Crippen molar-refractivity contribution in [3.05, 3.63) is 49.1 Å². The largest absolute Gasteiger partial charge is 0.334 e. The molecule has 2 aromatic heterocycles. The third-order valence-electron chi connectivity index (χ3n) is 3.05. The van der Waals surface area contributed by atoms with Crippen LogP contribution in [0.3, 0.4) is 0 Å². The van der Waals surface area contributed by atoms with Gasteiger partial charge in [-0.3, -0.25) is 0 Å². The summed E-state index contributed by atoms with van der Waals surface area (Å²) in [5.41, 5.74) is 2.19. The Morgan fingerprint density at radius 2 is 1.20 bits per heavy atom. The number of hydrogen-bond donors (Lipinski definition) is 0. The van der Waals surface area contributed by atoms with Gasteiger partial charge < -0.3 is 9.13 Å². The van der Waals surface area contributed by atoms with Crippen molar-refractivity contribution >= 4 is 12.4 Å². The van der Waals surface area contributed by atoms with E-state index in [0.717, 1.165) is 22.8 Å². The number of halogens is 1. The SMILES string of the molecule is Cl.Cn1ccnc1-c1ccccc1-c1nccn1C.[Pt]. The van der Waals surface area contributed by atoms with Crippen molar-refractivity contribution in [2.75, 3.05) is 0 Å². The Labute approximate surface area is 138 Å². The first-order valence-electron chi connectivity index (χ1n) is 5.82. The van der Waals surface area contributed by atoms with Crippen LogP contribution >= 0.6 is 12.4 Å². The third kappa shape index (κ3) is 2.86. The van der Waals surface area contributed by atoms with Crippen LogP contribution in [0.15, 0.2) is 49.1 Å². The fourth-order valence-electron chi connectivity index (χ4n) is 2.12. The van der Waals surface area contributed by atoms with Gasteiger partial charge in [0.2, 0.25) is 0 Å². The molecule has 108 valence electrons. The van der Waals surface area contributed by atoms with E-state index in [0.29, 0.717) is 0 Å². The van der Waals surface area contributed by atoms with Crippen LogP contribution < -0.4 is 0 Å². The van der Waals surface area contributed by atoms with Crippen molar-refractivity contribution in [3.8, 4) is 22.8 Å². The molecular weight excluding hydrogens is 455 g/mol. The second kappa shape index (κ2) is 6.87. The average molecular weight is 470 g/mol. The molecule has 0 aliphatic heterocycles. The Balaban J connectivity index is 0.000001000. The molecule has 3 rings (SSSR count). The van der Waals surface area contributed by atoms with Gasteiger partial charge in [-0.15, -0.1) is 12.4 Å². The summed E-state index contributed by atoms with van der Waals surface area (Å²) in [7, 11) is 4.00. The van der Waals surface area contributed by atoms with E-state index < -0.39 is 0 Å². The number of benzene rings is 1. The van der Waals surface area contributed by atoms with Gasteiger partial charge in [0, 0.05) is 71.1 Å². The molecular formula is C14H15ClN4Pt. The van der Waals surface area contributed by atoms with Gasteiger partial charge in [0.05, 0.1) is 0 Å². The minimum atomic E-state index is 0. The number of nitrogens with zero attached hydrogens (tertiary/aromatic N) is 4. The summed E-state index contributed by atoms with van der Waals surface area (Å²) >= 11 is 0. The first-order chi connectivity index (χ1) is 8.77. The molecule has 4 nitrogen and oxygen atoms in total. The van der Waals surface area contributed by atoms with Crippen LogP contribution in [0.2, 0.25) is 0 Å². The molecule has 0 spiro atoms. The first-order valence-corrected chi connectivity index (χ1v) is 5.82. The quantitative estimate of drug-likeness (QED) is 0.578. The molecule has 20 heavy (non-hydrogen) atoms. The number of aryl methyl sites for hydroxylation is 2. The number of hydrogen-bond acceptors (Lipinski definition) is 2. The van der Waals surface area contributed by atoms with E-state index >= 15 is 0 Å². The molecule has 3 aromatic rings.